The first-order valence-corrected chi connectivity index (χ1v) is 10.1. The van der Waals surface area contributed by atoms with Gasteiger partial charge in [0.15, 0.2) is 0 Å². The summed E-state index contributed by atoms with van der Waals surface area (Å²) in [6, 6.07) is 6.55. The number of hydrogen-bond donors (Lipinski definition) is 1. The van der Waals surface area contributed by atoms with Gasteiger partial charge >= 0.3 is 0 Å². The molecule has 3 rings (SSSR count). The van der Waals surface area contributed by atoms with Crippen molar-refractivity contribution in [2.24, 2.45) is 0 Å². The maximum atomic E-state index is 12.6. The lowest BCUT2D eigenvalue weighted by molar-refractivity contribution is -0.132. The van der Waals surface area contributed by atoms with Crippen molar-refractivity contribution in [3.8, 4) is 0 Å². The highest BCUT2D eigenvalue weighted by molar-refractivity contribution is 7.89. The van der Waals surface area contributed by atoms with Gasteiger partial charge in [-0.25, -0.2) is 8.42 Å². The molecule has 132 valence electrons. The Hall–Kier alpha value is -1.15. The first-order chi connectivity index (χ1) is 11.5. The smallest absolute Gasteiger partial charge is 0.243 e. The van der Waals surface area contributed by atoms with Gasteiger partial charge < -0.3 is 10.2 Å². The summed E-state index contributed by atoms with van der Waals surface area (Å²) in [5, 5.41) is 3.72. The van der Waals surface area contributed by atoms with Crippen molar-refractivity contribution in [3.05, 3.63) is 29.3 Å². The lowest BCUT2D eigenvalue weighted by Gasteiger charge is -2.34. The van der Waals surface area contributed by atoms with Crippen LogP contribution < -0.4 is 5.32 Å². The second-order valence-corrected chi connectivity index (χ2v) is 8.61. The van der Waals surface area contributed by atoms with Gasteiger partial charge in [0.2, 0.25) is 15.9 Å². The van der Waals surface area contributed by atoms with Gasteiger partial charge in [-0.2, -0.15) is 4.31 Å². The maximum absolute atomic E-state index is 12.6. The van der Waals surface area contributed by atoms with Crippen LogP contribution in [-0.4, -0.2) is 62.3 Å². The van der Waals surface area contributed by atoms with Gasteiger partial charge in [0.05, 0.1) is 4.90 Å². The first kappa shape index (κ1) is 17.7. The monoisotopic (exact) mass is 371 g/mol. The Kier molecular flexibility index (Phi) is 5.44. The fourth-order valence-corrected chi connectivity index (χ4v) is 4.95. The highest BCUT2D eigenvalue weighted by Crippen LogP contribution is 2.21. The Balaban J connectivity index is 1.59. The molecule has 0 spiro atoms. The van der Waals surface area contributed by atoms with Crippen LogP contribution in [0.25, 0.3) is 0 Å². The lowest BCUT2D eigenvalue weighted by Crippen LogP contribution is -2.51. The zero-order valence-electron chi connectivity index (χ0n) is 13.4. The molecule has 0 radical (unpaired) electrons. The van der Waals surface area contributed by atoms with Crippen LogP contribution in [0.15, 0.2) is 29.2 Å². The average molecular weight is 372 g/mol. The molecule has 0 bridgehead atoms. The molecule has 0 aliphatic carbocycles. The molecular formula is C16H22ClN3O3S. The minimum absolute atomic E-state index is 0.106. The molecule has 1 atom stereocenters. The summed E-state index contributed by atoms with van der Waals surface area (Å²) in [4.78, 5) is 14.3. The number of amides is 1. The van der Waals surface area contributed by atoms with E-state index in [1.165, 1.54) is 10.4 Å². The van der Waals surface area contributed by atoms with Crippen LogP contribution in [0.4, 0.5) is 0 Å². The van der Waals surface area contributed by atoms with Gasteiger partial charge in [-0.05, 0) is 37.6 Å². The fourth-order valence-electron chi connectivity index (χ4n) is 3.23. The van der Waals surface area contributed by atoms with Crippen LogP contribution in [-0.2, 0) is 14.8 Å². The zero-order chi connectivity index (χ0) is 17.2. The van der Waals surface area contributed by atoms with Crippen molar-refractivity contribution in [2.45, 2.75) is 30.2 Å². The van der Waals surface area contributed by atoms with E-state index in [1.54, 1.807) is 23.1 Å². The van der Waals surface area contributed by atoms with Crippen LogP contribution >= 0.6 is 11.6 Å². The van der Waals surface area contributed by atoms with E-state index in [1.807, 2.05) is 0 Å². The Labute approximate surface area is 147 Å². The Morgan fingerprint density at radius 3 is 2.62 bits per heavy atom. The highest BCUT2D eigenvalue weighted by atomic mass is 35.5. The minimum atomic E-state index is -3.56. The van der Waals surface area contributed by atoms with E-state index >= 15 is 0 Å². The summed E-state index contributed by atoms with van der Waals surface area (Å²) < 4.78 is 26.7. The number of benzene rings is 1. The van der Waals surface area contributed by atoms with Gasteiger partial charge in [-0.15, -0.1) is 0 Å². The summed E-state index contributed by atoms with van der Waals surface area (Å²) in [6.07, 6.45) is 2.65. The van der Waals surface area contributed by atoms with Gasteiger partial charge in [0.25, 0.3) is 0 Å². The van der Waals surface area contributed by atoms with Crippen molar-refractivity contribution >= 4 is 27.5 Å². The lowest BCUT2D eigenvalue weighted by atomic mass is 10.1. The molecule has 1 N–H and O–H groups in total. The highest BCUT2D eigenvalue weighted by Gasteiger charge is 2.31. The van der Waals surface area contributed by atoms with Gasteiger partial charge in [-0.3, -0.25) is 4.79 Å². The third kappa shape index (κ3) is 3.91. The second kappa shape index (κ2) is 7.39. The number of rotatable bonds is 4. The number of nitrogens with one attached hydrogen (secondary N) is 1. The zero-order valence-corrected chi connectivity index (χ0v) is 15.0. The maximum Gasteiger partial charge on any atom is 0.243 e. The quantitative estimate of drug-likeness (QED) is 0.866. The van der Waals surface area contributed by atoms with Crippen LogP contribution in [0.3, 0.4) is 0 Å². The normalized spacial score (nSPS) is 22.7. The van der Waals surface area contributed by atoms with E-state index in [0.717, 1.165) is 19.4 Å². The largest absolute Gasteiger partial charge is 0.340 e. The van der Waals surface area contributed by atoms with Crippen molar-refractivity contribution in [3.63, 3.8) is 0 Å². The molecule has 1 unspecified atom stereocenters. The van der Waals surface area contributed by atoms with E-state index in [4.69, 9.17) is 11.6 Å². The predicted octanol–water partition coefficient (Wildman–Crippen LogP) is 1.32. The van der Waals surface area contributed by atoms with E-state index in [9.17, 15) is 13.2 Å². The fraction of sp³-hybridized carbons (Fsp3) is 0.562. The topological polar surface area (TPSA) is 69.7 Å². The van der Waals surface area contributed by atoms with Gasteiger partial charge in [0, 0.05) is 43.7 Å². The third-order valence-electron chi connectivity index (χ3n) is 4.61. The van der Waals surface area contributed by atoms with E-state index in [-0.39, 0.29) is 16.8 Å². The minimum Gasteiger partial charge on any atom is -0.340 e. The molecular weight excluding hydrogens is 350 g/mol. The average Bonchev–Trinajstić information content (AvgIpc) is 3.08. The van der Waals surface area contributed by atoms with Crippen LogP contribution in [0.2, 0.25) is 5.02 Å². The molecule has 2 heterocycles. The summed E-state index contributed by atoms with van der Waals surface area (Å²) in [5.41, 5.74) is 0. The molecule has 2 aliphatic rings. The van der Waals surface area contributed by atoms with Gasteiger partial charge in [0.1, 0.15) is 0 Å². The molecule has 2 aliphatic heterocycles. The molecule has 2 saturated heterocycles. The third-order valence-corrected chi connectivity index (χ3v) is 6.74. The predicted molar refractivity (Wildman–Crippen MR) is 92.4 cm³/mol. The number of carbonyl (C=O) groups is 1. The van der Waals surface area contributed by atoms with Crippen molar-refractivity contribution in [1.29, 1.82) is 0 Å². The van der Waals surface area contributed by atoms with Crippen LogP contribution in [0.5, 0.6) is 0 Å². The number of piperazine rings is 1. The molecule has 1 aromatic carbocycles. The number of halogens is 1. The second-order valence-electron chi connectivity index (χ2n) is 6.24. The van der Waals surface area contributed by atoms with Crippen molar-refractivity contribution < 1.29 is 13.2 Å². The Bertz CT molecular complexity index is 696. The summed E-state index contributed by atoms with van der Waals surface area (Å²) in [5.74, 6) is 0.106. The standard InChI is InChI=1S/C16H22ClN3O3S/c17-13-3-1-5-15(11-13)24(22,23)20-9-7-19(8-10-20)16(21)12-14-4-2-6-18-14/h1,3,5,11,14,18H,2,4,6-10,12H2. The molecule has 1 amide bonds. The molecule has 0 saturated carbocycles. The number of nitrogens with zero attached hydrogens (tertiary/aromatic N) is 2. The Morgan fingerprint density at radius 1 is 1.25 bits per heavy atom. The van der Waals surface area contributed by atoms with Gasteiger partial charge in [-0.1, -0.05) is 17.7 Å². The molecule has 2 fully saturated rings. The number of sulfonamides is 1. The molecule has 8 heteroatoms. The summed E-state index contributed by atoms with van der Waals surface area (Å²) >= 11 is 5.89. The number of carbonyl (C=O) groups excluding carboxylic acids is 1. The van der Waals surface area contributed by atoms with E-state index in [0.29, 0.717) is 37.6 Å². The molecule has 6 nitrogen and oxygen atoms in total. The molecule has 1 aromatic rings. The summed E-state index contributed by atoms with van der Waals surface area (Å²) in [7, 11) is -3.56. The molecule has 0 aromatic heterocycles. The summed E-state index contributed by atoms with van der Waals surface area (Å²) in [6.45, 7) is 2.48. The van der Waals surface area contributed by atoms with Crippen molar-refractivity contribution in [1.82, 2.24) is 14.5 Å². The SMILES string of the molecule is O=C(CC1CCCN1)N1CCN(S(=O)(=O)c2cccc(Cl)c2)CC1. The van der Waals surface area contributed by atoms with Crippen LogP contribution in [0, 0.1) is 0 Å². The Morgan fingerprint density at radius 2 is 2.00 bits per heavy atom. The van der Waals surface area contributed by atoms with E-state index < -0.39 is 10.0 Å². The first-order valence-electron chi connectivity index (χ1n) is 8.24. The molecule has 24 heavy (non-hydrogen) atoms. The van der Waals surface area contributed by atoms with E-state index in [2.05, 4.69) is 5.32 Å². The van der Waals surface area contributed by atoms with Crippen molar-refractivity contribution in [2.75, 3.05) is 32.7 Å². The number of hydrogen-bond acceptors (Lipinski definition) is 4. The van der Waals surface area contributed by atoms with Crippen LogP contribution in [0.1, 0.15) is 19.3 Å².